The van der Waals surface area contributed by atoms with Crippen molar-refractivity contribution in [2.75, 3.05) is 26.7 Å². The number of carboxylic acid groups (broad SMARTS) is 2. The lowest BCUT2D eigenvalue weighted by Gasteiger charge is -2.26. The van der Waals surface area contributed by atoms with Gasteiger partial charge in [-0.3, -0.25) is 57.7 Å². The molecule has 1 aromatic heterocycles. The molecule has 32 nitrogen and oxygen atoms in total. The van der Waals surface area contributed by atoms with Crippen LogP contribution < -0.4 is 65.1 Å². The third kappa shape index (κ3) is 27.5. The maximum atomic E-state index is 14.0. The number of ether oxygens (including phenoxy) is 2. The number of amides is 10. The number of aliphatic imine (C=N–C) groups is 1. The van der Waals surface area contributed by atoms with Crippen molar-refractivity contribution in [3.05, 3.63) is 18.2 Å². The molecule has 0 radical (unpaired) electrons. The molecule has 0 aliphatic heterocycles. The van der Waals surface area contributed by atoms with Gasteiger partial charge in [-0.2, -0.15) is 0 Å². The van der Waals surface area contributed by atoms with Crippen molar-refractivity contribution in [3.8, 4) is 0 Å². The molecule has 0 fully saturated rings. The van der Waals surface area contributed by atoms with E-state index in [0.717, 1.165) is 7.11 Å². The molecule has 18 N–H and O–H groups in total. The van der Waals surface area contributed by atoms with Crippen LogP contribution in [-0.2, 0) is 73.4 Å². The number of methoxy groups -OCH3 is 1. The average Bonchev–Trinajstić information content (AvgIpc) is 3.83. The number of H-pyrrole nitrogens is 1. The number of carbonyl (C=O) groups is 13. The van der Waals surface area contributed by atoms with E-state index >= 15 is 0 Å². The van der Waals surface area contributed by atoms with E-state index in [2.05, 4.69) is 62.8 Å². The smallest absolute Gasteiger partial charge is 0.408 e. The predicted octanol–water partition coefficient (Wildman–Crippen LogP) is -5.26. The fourth-order valence-corrected chi connectivity index (χ4v) is 6.72. The van der Waals surface area contributed by atoms with Gasteiger partial charge in [0.2, 0.25) is 53.2 Å². The molecular weight excluding hydrogens is 1020 g/mol. The van der Waals surface area contributed by atoms with Crippen molar-refractivity contribution in [3.63, 3.8) is 0 Å². The zero-order valence-electron chi connectivity index (χ0n) is 44.1. The third-order valence-corrected chi connectivity index (χ3v) is 10.3. The van der Waals surface area contributed by atoms with E-state index < -0.39 is 163 Å². The van der Waals surface area contributed by atoms with Crippen LogP contribution in [0, 0.1) is 11.8 Å². The fraction of sp³-hybridized carbons (Fsp3) is 0.622. The van der Waals surface area contributed by atoms with Crippen molar-refractivity contribution >= 4 is 83.1 Å². The Balaban J connectivity index is 3.27. The lowest BCUT2D eigenvalue weighted by atomic mass is 10.0. The summed E-state index contributed by atoms with van der Waals surface area (Å²) in [5.74, 6) is -14.6. The Morgan fingerprint density at radius 1 is 0.649 bits per heavy atom. The summed E-state index contributed by atoms with van der Waals surface area (Å²) in [4.78, 5) is 178. The van der Waals surface area contributed by atoms with Gasteiger partial charge in [-0.1, -0.05) is 27.7 Å². The number of guanidine groups is 1. The number of rotatable bonds is 33. The number of carbonyl (C=O) groups excluding carboxylic acids is 11. The summed E-state index contributed by atoms with van der Waals surface area (Å²) >= 11 is 0. The number of carboxylic acids is 2. The Labute approximate surface area is 442 Å². The molecule has 0 aliphatic carbocycles. The molecule has 1 aromatic rings. The highest BCUT2D eigenvalue weighted by Crippen LogP contribution is 2.11. The van der Waals surface area contributed by atoms with Crippen molar-refractivity contribution < 1.29 is 82.0 Å². The van der Waals surface area contributed by atoms with Gasteiger partial charge < -0.3 is 89.7 Å². The Morgan fingerprint density at radius 2 is 1.13 bits per heavy atom. The van der Waals surface area contributed by atoms with Gasteiger partial charge in [0.1, 0.15) is 47.9 Å². The fourth-order valence-electron chi connectivity index (χ4n) is 6.72. The normalized spacial score (nSPS) is 13.7. The highest BCUT2D eigenvalue weighted by Gasteiger charge is 2.35. The first kappa shape index (κ1) is 66.4. The predicted molar refractivity (Wildman–Crippen MR) is 268 cm³/mol. The van der Waals surface area contributed by atoms with Crippen LogP contribution in [-0.4, -0.2) is 178 Å². The van der Waals surface area contributed by atoms with Crippen LogP contribution in [0.1, 0.15) is 92.7 Å². The lowest BCUT2D eigenvalue weighted by molar-refractivity contribution is -0.146. The van der Waals surface area contributed by atoms with Crippen LogP contribution in [0.5, 0.6) is 0 Å². The highest BCUT2D eigenvalue weighted by atomic mass is 16.6. The van der Waals surface area contributed by atoms with Crippen LogP contribution in [0.4, 0.5) is 4.79 Å². The quantitative estimate of drug-likeness (QED) is 0.0135. The van der Waals surface area contributed by atoms with Crippen LogP contribution in [0.3, 0.4) is 0 Å². The molecule has 0 spiro atoms. The largest absolute Gasteiger partial charge is 0.481 e. The molecule has 1 rings (SSSR count). The molecule has 0 aliphatic rings. The van der Waals surface area contributed by atoms with E-state index in [9.17, 15) is 72.5 Å². The van der Waals surface area contributed by atoms with Gasteiger partial charge in [0.25, 0.3) is 0 Å². The number of nitrogens with one attached hydrogen (secondary N) is 10. The molecule has 0 bridgehead atoms. The first-order valence-electron chi connectivity index (χ1n) is 24.0. The van der Waals surface area contributed by atoms with E-state index in [1.807, 2.05) is 0 Å². The van der Waals surface area contributed by atoms with Crippen LogP contribution in [0.25, 0.3) is 0 Å². The van der Waals surface area contributed by atoms with E-state index in [-0.39, 0.29) is 49.8 Å². The second kappa shape index (κ2) is 32.6. The minimum absolute atomic E-state index is 0.0291. The van der Waals surface area contributed by atoms with Gasteiger partial charge in [-0.05, 0) is 51.9 Å². The number of hydrogen-bond acceptors (Lipinski definition) is 17. The summed E-state index contributed by atoms with van der Waals surface area (Å²) in [6.45, 7) is 9.46. The number of aliphatic carboxylic acids is 2. The zero-order chi connectivity index (χ0) is 58.7. The molecule has 7 atom stereocenters. The Hall–Kier alpha value is -8.61. The standard InChI is InChI=1S/C45H73N15O17/c1-21(2)12-29(42(74)76-8)59-40(72)28(16-34(66)67)57-39(71)25(13-23-17-49-20-53-23)56-38(70)24(10-9-11-50-43(47)48)54-31(62)18-52-37(69)27(15-33(64)65)55-32(63)19-51-36(68)26(14-30(46)61)58-41(73)35(22(3)4)60-44(75)77-45(5,6)7/h17,20-22,24-29,35H,9-16,18-19H2,1-8H3,(H2,46,61)(H,49,53)(H,51,68)(H,52,69)(H,54,62)(H,55,63)(H,56,70)(H,57,71)(H,58,73)(H,59,72)(H,60,75)(H,64,65)(H,66,67)(H4,47,48,50). The summed E-state index contributed by atoms with van der Waals surface area (Å²) < 4.78 is 9.95. The Morgan fingerprint density at radius 3 is 1.60 bits per heavy atom. The minimum atomic E-state index is -1.88. The van der Waals surface area contributed by atoms with E-state index in [1.165, 1.54) is 12.5 Å². The van der Waals surface area contributed by atoms with Crippen LogP contribution in [0.2, 0.25) is 0 Å². The van der Waals surface area contributed by atoms with Crippen molar-refractivity contribution in [1.82, 2.24) is 57.8 Å². The number of nitrogens with zero attached hydrogens (tertiary/aromatic N) is 2. The molecule has 7 unspecified atom stereocenters. The molecular formula is C45H73N15O17. The maximum Gasteiger partial charge on any atom is 0.408 e. The molecule has 32 heteroatoms. The van der Waals surface area contributed by atoms with Crippen molar-refractivity contribution in [2.24, 2.45) is 34.0 Å². The molecule has 430 valence electrons. The molecule has 1 heterocycles. The summed E-state index contributed by atoms with van der Waals surface area (Å²) in [7, 11) is 1.09. The molecule has 77 heavy (non-hydrogen) atoms. The Kier molecular flexibility index (Phi) is 28.2. The van der Waals surface area contributed by atoms with Gasteiger partial charge >= 0.3 is 24.0 Å². The summed E-state index contributed by atoms with van der Waals surface area (Å²) in [6, 6.07) is -11.0. The minimum Gasteiger partial charge on any atom is -0.481 e. The van der Waals surface area contributed by atoms with Gasteiger partial charge in [-0.15, -0.1) is 0 Å². The number of imidazole rings is 1. The SMILES string of the molecule is COC(=O)C(CC(C)C)NC(=O)C(CC(=O)O)NC(=O)C(Cc1cnc[nH]1)NC(=O)C(CCCN=C(N)N)NC(=O)CNC(=O)C(CC(=O)O)NC(=O)CNC(=O)C(CC(N)=O)NC(=O)C(NC(=O)OC(C)(C)C)C(C)C. The summed E-state index contributed by atoms with van der Waals surface area (Å²) in [5.41, 5.74) is 15.5. The van der Waals surface area contributed by atoms with Gasteiger partial charge in [0, 0.05) is 24.9 Å². The number of hydrogen-bond donors (Lipinski definition) is 15. The second-order valence-corrected chi connectivity index (χ2v) is 19.0. The van der Waals surface area contributed by atoms with Crippen molar-refractivity contribution in [2.45, 2.75) is 141 Å². The Bertz CT molecular complexity index is 2280. The molecule has 0 saturated carbocycles. The lowest BCUT2D eigenvalue weighted by Crippen LogP contribution is -2.59. The van der Waals surface area contributed by atoms with E-state index in [4.69, 9.17) is 26.7 Å². The number of primary amides is 1. The van der Waals surface area contributed by atoms with Crippen molar-refractivity contribution in [1.29, 1.82) is 0 Å². The molecule has 0 saturated heterocycles. The first-order chi connectivity index (χ1) is 35.8. The number of aromatic amines is 1. The summed E-state index contributed by atoms with van der Waals surface area (Å²) in [6.07, 6.45) is -1.60. The maximum absolute atomic E-state index is 14.0. The van der Waals surface area contributed by atoms with Gasteiger partial charge in [-0.25, -0.2) is 14.6 Å². The zero-order valence-corrected chi connectivity index (χ0v) is 44.1. The van der Waals surface area contributed by atoms with Gasteiger partial charge in [0.05, 0.1) is 45.8 Å². The number of aromatic nitrogens is 2. The van der Waals surface area contributed by atoms with Crippen LogP contribution >= 0.6 is 0 Å². The van der Waals surface area contributed by atoms with E-state index in [0.29, 0.717) is 0 Å². The van der Waals surface area contributed by atoms with Gasteiger partial charge in [0.15, 0.2) is 5.96 Å². The highest BCUT2D eigenvalue weighted by molar-refractivity contribution is 5.99. The first-order valence-corrected chi connectivity index (χ1v) is 24.0. The van der Waals surface area contributed by atoms with E-state index in [1.54, 1.807) is 48.5 Å². The second-order valence-electron chi connectivity index (χ2n) is 19.0. The van der Waals surface area contributed by atoms with Crippen LogP contribution in [0.15, 0.2) is 17.5 Å². The third-order valence-electron chi connectivity index (χ3n) is 10.3. The number of nitrogens with two attached hydrogens (primary N) is 3. The number of alkyl carbamates (subject to hydrolysis) is 1. The monoisotopic (exact) mass is 1100 g/mol. The average molecular weight is 1100 g/mol. The molecule has 10 amide bonds. The molecule has 0 aromatic carbocycles. The number of esters is 1. The topological polar surface area (TPSA) is 508 Å². The summed E-state index contributed by atoms with van der Waals surface area (Å²) in [5, 5.41) is 39.7.